The van der Waals surface area contributed by atoms with Crippen molar-refractivity contribution in [2.24, 2.45) is 0 Å². The zero-order valence-electron chi connectivity index (χ0n) is 14.7. The van der Waals surface area contributed by atoms with Crippen molar-refractivity contribution in [2.75, 3.05) is 6.54 Å². The van der Waals surface area contributed by atoms with Crippen LogP contribution in [0, 0.1) is 6.92 Å². The number of nitrogens with one attached hydrogen (secondary N) is 1. The van der Waals surface area contributed by atoms with Gasteiger partial charge >= 0.3 is 0 Å². The summed E-state index contributed by atoms with van der Waals surface area (Å²) in [5.41, 5.74) is 2.43. The lowest BCUT2D eigenvalue weighted by molar-refractivity contribution is 0.498. The highest BCUT2D eigenvalue weighted by atomic mass is 35.5. The largest absolute Gasteiger partial charge is 0.308 e. The molecular weight excluding hydrogens is 334 g/mol. The molecule has 1 heterocycles. The van der Waals surface area contributed by atoms with Crippen LogP contribution in [-0.4, -0.2) is 16.1 Å². The van der Waals surface area contributed by atoms with Crippen molar-refractivity contribution in [2.45, 2.75) is 33.2 Å². The maximum Gasteiger partial charge on any atom is 0.266 e. The van der Waals surface area contributed by atoms with E-state index in [1.807, 2.05) is 49.4 Å². The number of para-hydroxylation sites is 1. The van der Waals surface area contributed by atoms with Crippen molar-refractivity contribution in [3.05, 3.63) is 69.2 Å². The van der Waals surface area contributed by atoms with Crippen LogP contribution in [0.15, 0.2) is 47.3 Å². The van der Waals surface area contributed by atoms with Crippen LogP contribution in [0.25, 0.3) is 16.6 Å². The van der Waals surface area contributed by atoms with E-state index in [4.69, 9.17) is 16.6 Å². The van der Waals surface area contributed by atoms with E-state index in [0.29, 0.717) is 10.4 Å². The lowest BCUT2D eigenvalue weighted by Crippen LogP contribution is -2.31. The zero-order chi connectivity index (χ0) is 18.0. The van der Waals surface area contributed by atoms with Crippen LogP contribution >= 0.6 is 11.6 Å². The summed E-state index contributed by atoms with van der Waals surface area (Å²) in [6.07, 6.45) is 0.839. The highest BCUT2D eigenvalue weighted by Crippen LogP contribution is 2.24. The van der Waals surface area contributed by atoms with Gasteiger partial charge in [0.05, 0.1) is 22.6 Å². The Morgan fingerprint density at radius 3 is 2.64 bits per heavy atom. The molecule has 0 amide bonds. The standard InChI is InChI=1S/C20H22ClN3O/c1-4-16(22-5-2)19-23-17-9-7-6-8-15(17)20(25)24(19)18-11-10-14(21)12-13(18)3/h6-12,16,22H,4-5H2,1-3H3/t16-/m0/s1. The van der Waals surface area contributed by atoms with Crippen molar-refractivity contribution in [3.63, 3.8) is 0 Å². The molecule has 1 aromatic heterocycles. The number of nitrogens with zero attached hydrogens (tertiary/aromatic N) is 2. The van der Waals surface area contributed by atoms with Gasteiger partial charge in [-0.3, -0.25) is 9.36 Å². The number of fused-ring (bicyclic) bond motifs is 1. The SMILES string of the molecule is CCN[C@@H](CC)c1nc2ccccc2c(=O)n1-c1ccc(Cl)cc1C. The minimum atomic E-state index is -0.0534. The molecule has 25 heavy (non-hydrogen) atoms. The van der Waals surface area contributed by atoms with Gasteiger partial charge in [-0.15, -0.1) is 0 Å². The second-order valence-corrected chi connectivity index (χ2v) is 6.51. The van der Waals surface area contributed by atoms with E-state index >= 15 is 0 Å². The van der Waals surface area contributed by atoms with E-state index in [0.717, 1.165) is 35.6 Å². The van der Waals surface area contributed by atoms with Crippen molar-refractivity contribution in [1.29, 1.82) is 0 Å². The Morgan fingerprint density at radius 2 is 1.96 bits per heavy atom. The lowest BCUT2D eigenvalue weighted by Gasteiger charge is -2.22. The molecule has 5 heteroatoms. The number of benzene rings is 2. The summed E-state index contributed by atoms with van der Waals surface area (Å²) in [6.45, 7) is 6.91. The Labute approximate surface area is 152 Å². The van der Waals surface area contributed by atoms with E-state index in [1.165, 1.54) is 0 Å². The van der Waals surface area contributed by atoms with Crippen molar-refractivity contribution in [3.8, 4) is 5.69 Å². The van der Waals surface area contributed by atoms with Gasteiger partial charge < -0.3 is 5.32 Å². The van der Waals surface area contributed by atoms with Gasteiger partial charge in [-0.1, -0.05) is 37.6 Å². The van der Waals surface area contributed by atoms with Crippen LogP contribution in [0.3, 0.4) is 0 Å². The molecule has 4 nitrogen and oxygen atoms in total. The second kappa shape index (κ2) is 7.38. The molecule has 0 fully saturated rings. The lowest BCUT2D eigenvalue weighted by atomic mass is 10.1. The van der Waals surface area contributed by atoms with Crippen molar-refractivity contribution in [1.82, 2.24) is 14.9 Å². The van der Waals surface area contributed by atoms with E-state index in [9.17, 15) is 4.79 Å². The van der Waals surface area contributed by atoms with E-state index < -0.39 is 0 Å². The molecule has 0 aliphatic heterocycles. The highest BCUT2D eigenvalue weighted by Gasteiger charge is 2.20. The van der Waals surface area contributed by atoms with Gasteiger partial charge in [0.15, 0.2) is 0 Å². The Bertz CT molecular complexity index is 965. The third-order valence-corrected chi connectivity index (χ3v) is 4.61. The van der Waals surface area contributed by atoms with Crippen LogP contribution in [0.5, 0.6) is 0 Å². The number of hydrogen-bond donors (Lipinski definition) is 1. The van der Waals surface area contributed by atoms with Crippen LogP contribution in [-0.2, 0) is 0 Å². The van der Waals surface area contributed by atoms with Crippen LogP contribution in [0.4, 0.5) is 0 Å². The van der Waals surface area contributed by atoms with Crippen molar-refractivity contribution < 1.29 is 0 Å². The fourth-order valence-electron chi connectivity index (χ4n) is 3.15. The first-order valence-corrected chi connectivity index (χ1v) is 8.96. The minimum absolute atomic E-state index is 0.00242. The fraction of sp³-hybridized carbons (Fsp3) is 0.300. The second-order valence-electron chi connectivity index (χ2n) is 6.08. The van der Waals surface area contributed by atoms with Gasteiger partial charge in [0.25, 0.3) is 5.56 Å². The molecule has 0 saturated carbocycles. The van der Waals surface area contributed by atoms with Gasteiger partial charge in [0.1, 0.15) is 5.82 Å². The quantitative estimate of drug-likeness (QED) is 0.737. The summed E-state index contributed by atoms with van der Waals surface area (Å²) in [6, 6.07) is 13.0. The third kappa shape index (κ3) is 3.32. The monoisotopic (exact) mass is 355 g/mol. The van der Waals surface area contributed by atoms with Gasteiger partial charge in [0.2, 0.25) is 0 Å². The van der Waals surface area contributed by atoms with Crippen LogP contribution in [0.2, 0.25) is 5.02 Å². The number of rotatable bonds is 5. The topological polar surface area (TPSA) is 46.9 Å². The normalized spacial score (nSPS) is 12.5. The predicted molar refractivity (Wildman–Crippen MR) is 104 cm³/mol. The minimum Gasteiger partial charge on any atom is -0.308 e. The molecule has 0 aliphatic carbocycles. The Morgan fingerprint density at radius 1 is 1.20 bits per heavy atom. The molecular formula is C20H22ClN3O. The Kier molecular flexibility index (Phi) is 5.21. The maximum atomic E-state index is 13.3. The molecule has 0 radical (unpaired) electrons. The Balaban J connectivity index is 2.38. The van der Waals surface area contributed by atoms with Gasteiger partial charge in [-0.25, -0.2) is 4.98 Å². The van der Waals surface area contributed by atoms with Gasteiger partial charge in [-0.2, -0.15) is 0 Å². The third-order valence-electron chi connectivity index (χ3n) is 4.37. The molecule has 2 aromatic carbocycles. The molecule has 1 atom stereocenters. The first kappa shape index (κ1) is 17.6. The summed E-state index contributed by atoms with van der Waals surface area (Å²) >= 11 is 6.10. The Hall–Kier alpha value is -2.17. The molecule has 3 aromatic rings. The maximum absolute atomic E-state index is 13.3. The summed E-state index contributed by atoms with van der Waals surface area (Å²) in [5.74, 6) is 0.735. The average molecular weight is 356 g/mol. The predicted octanol–water partition coefficient (Wildman–Crippen LogP) is 4.41. The van der Waals surface area contributed by atoms with Crippen LogP contribution < -0.4 is 10.9 Å². The molecule has 0 spiro atoms. The van der Waals surface area contributed by atoms with E-state index in [1.54, 1.807) is 4.57 Å². The first-order chi connectivity index (χ1) is 12.1. The fourth-order valence-corrected chi connectivity index (χ4v) is 3.38. The molecule has 0 bridgehead atoms. The number of hydrogen-bond acceptors (Lipinski definition) is 3. The smallest absolute Gasteiger partial charge is 0.266 e. The van der Waals surface area contributed by atoms with E-state index in [-0.39, 0.29) is 11.6 Å². The van der Waals surface area contributed by atoms with Crippen molar-refractivity contribution >= 4 is 22.5 Å². The van der Waals surface area contributed by atoms with Crippen LogP contribution in [0.1, 0.15) is 37.7 Å². The molecule has 130 valence electrons. The van der Waals surface area contributed by atoms with Gasteiger partial charge in [-0.05, 0) is 55.8 Å². The molecule has 0 saturated heterocycles. The summed E-state index contributed by atoms with van der Waals surface area (Å²) in [7, 11) is 0. The number of halogens is 1. The summed E-state index contributed by atoms with van der Waals surface area (Å²) in [4.78, 5) is 18.1. The first-order valence-electron chi connectivity index (χ1n) is 8.58. The number of aryl methyl sites for hydroxylation is 1. The summed E-state index contributed by atoms with van der Waals surface area (Å²) < 4.78 is 1.73. The molecule has 3 rings (SSSR count). The molecule has 0 unspecified atom stereocenters. The van der Waals surface area contributed by atoms with E-state index in [2.05, 4.69) is 19.2 Å². The highest BCUT2D eigenvalue weighted by molar-refractivity contribution is 6.30. The van der Waals surface area contributed by atoms with Gasteiger partial charge in [0, 0.05) is 5.02 Å². The average Bonchev–Trinajstić information content (AvgIpc) is 2.60. The molecule has 1 N–H and O–H groups in total. The summed E-state index contributed by atoms with van der Waals surface area (Å²) in [5, 5.41) is 4.71. The zero-order valence-corrected chi connectivity index (χ0v) is 15.5. The molecule has 0 aliphatic rings. The number of aromatic nitrogens is 2.